The minimum atomic E-state index is -1.26. The number of carbonyl (C=O) groups is 3. The van der Waals surface area contributed by atoms with Crippen LogP contribution in [0.2, 0.25) is 0 Å². The summed E-state index contributed by atoms with van der Waals surface area (Å²) in [7, 11) is 1.83. The number of piperidine rings is 1. The van der Waals surface area contributed by atoms with Crippen LogP contribution in [0.5, 0.6) is 5.75 Å². The Kier molecular flexibility index (Phi) is 10.9. The number of rotatable bonds is 10. The van der Waals surface area contributed by atoms with Gasteiger partial charge in [0.25, 0.3) is 0 Å². The molecule has 3 aromatic rings. The molecule has 11 heteroatoms. The maximum absolute atomic E-state index is 13.4. The number of nitrogens with one attached hydrogen (secondary N) is 1. The van der Waals surface area contributed by atoms with E-state index in [-0.39, 0.29) is 11.6 Å². The SMILES string of the molecule is CNc1cc(C(C)=O)ccc1OCCCN1CCC(c2nsc3cc(F)ccc23)CC1.O=C(O)/C=C/C(=O)O. The number of ketones is 1. The highest BCUT2D eigenvalue weighted by Crippen LogP contribution is 2.34. The molecule has 1 aromatic heterocycles. The highest BCUT2D eigenvalue weighted by atomic mass is 32.1. The van der Waals surface area contributed by atoms with Crippen molar-refractivity contribution >= 4 is 45.0 Å². The molecule has 3 N–H and O–H groups in total. The molecule has 0 unspecified atom stereocenters. The lowest BCUT2D eigenvalue weighted by Crippen LogP contribution is -2.34. The second-order valence-electron chi connectivity index (χ2n) is 9.05. The fourth-order valence-corrected chi connectivity index (χ4v) is 5.22. The molecule has 9 nitrogen and oxygen atoms in total. The number of Topliss-reactive ketones (excluding diaryl/α,β-unsaturated/α-hetero) is 1. The molecule has 1 aliphatic rings. The molecule has 2 aromatic carbocycles. The molecular formula is C28H32FN3O6S. The van der Waals surface area contributed by atoms with Gasteiger partial charge in [-0.3, -0.25) is 4.79 Å². The maximum atomic E-state index is 13.4. The van der Waals surface area contributed by atoms with Crippen molar-refractivity contribution in [2.24, 2.45) is 0 Å². The summed E-state index contributed by atoms with van der Waals surface area (Å²) in [6.45, 7) is 5.28. The maximum Gasteiger partial charge on any atom is 0.328 e. The van der Waals surface area contributed by atoms with E-state index >= 15 is 0 Å². The van der Waals surface area contributed by atoms with Crippen LogP contribution in [0.4, 0.5) is 10.1 Å². The van der Waals surface area contributed by atoms with Gasteiger partial charge in [0, 0.05) is 42.6 Å². The summed E-state index contributed by atoms with van der Waals surface area (Å²) in [4.78, 5) is 33.1. The molecule has 2 heterocycles. The van der Waals surface area contributed by atoms with E-state index in [0.29, 0.717) is 30.2 Å². The van der Waals surface area contributed by atoms with Crippen LogP contribution in [-0.2, 0) is 9.59 Å². The standard InChI is InChI=1S/C24H28FN3O2S.C4H4O4/c1-16(29)18-4-7-22(21(14-18)26-2)30-13-3-10-28-11-8-17(9-12-28)24-20-6-5-19(25)15-23(20)31-27-24;5-3(6)1-2-4(7)8/h4-7,14-15,17,26H,3,8-13H2,1-2H3;1-2H,(H,5,6)(H,7,8)/b;2-1+. The van der Waals surface area contributed by atoms with E-state index in [0.717, 1.165) is 66.1 Å². The second-order valence-corrected chi connectivity index (χ2v) is 9.86. The first-order valence-corrected chi connectivity index (χ1v) is 13.3. The largest absolute Gasteiger partial charge is 0.491 e. The number of nitrogens with zero attached hydrogens (tertiary/aromatic N) is 2. The predicted octanol–water partition coefficient (Wildman–Crippen LogP) is 5.04. The third kappa shape index (κ3) is 8.86. The van der Waals surface area contributed by atoms with Crippen LogP contribution < -0.4 is 10.1 Å². The zero-order valence-corrected chi connectivity index (χ0v) is 22.7. The monoisotopic (exact) mass is 557 g/mol. The molecule has 1 aliphatic heterocycles. The number of fused-ring (bicyclic) bond motifs is 1. The van der Waals surface area contributed by atoms with Gasteiger partial charge in [-0.15, -0.1) is 0 Å². The smallest absolute Gasteiger partial charge is 0.328 e. The number of hydrogen-bond acceptors (Lipinski definition) is 8. The average molecular weight is 558 g/mol. The fraction of sp³-hybridized carbons (Fsp3) is 0.357. The summed E-state index contributed by atoms with van der Waals surface area (Å²) in [6, 6.07) is 10.5. The first-order valence-electron chi connectivity index (χ1n) is 12.5. The first kappa shape index (κ1) is 29.7. The van der Waals surface area contributed by atoms with Gasteiger partial charge in [-0.1, -0.05) is 0 Å². The van der Waals surface area contributed by atoms with Gasteiger partial charge in [0.2, 0.25) is 0 Å². The number of halogens is 1. The molecule has 0 aliphatic carbocycles. The third-order valence-electron chi connectivity index (χ3n) is 6.34. The lowest BCUT2D eigenvalue weighted by molar-refractivity contribution is -0.134. The number of carboxylic acid groups (broad SMARTS) is 2. The predicted molar refractivity (Wildman–Crippen MR) is 149 cm³/mol. The number of likely N-dealkylation sites (tertiary alicyclic amines) is 1. The summed E-state index contributed by atoms with van der Waals surface area (Å²) in [5, 5.41) is 19.8. The Morgan fingerprint density at radius 3 is 2.44 bits per heavy atom. The number of hydrogen-bond donors (Lipinski definition) is 3. The molecule has 0 bridgehead atoms. The van der Waals surface area contributed by atoms with Crippen molar-refractivity contribution in [1.82, 2.24) is 9.27 Å². The number of aromatic nitrogens is 1. The molecule has 208 valence electrons. The van der Waals surface area contributed by atoms with Crippen LogP contribution in [0.1, 0.15) is 48.2 Å². The minimum Gasteiger partial charge on any atom is -0.491 e. The third-order valence-corrected chi connectivity index (χ3v) is 7.16. The zero-order chi connectivity index (χ0) is 28.4. The molecule has 0 amide bonds. The quantitative estimate of drug-likeness (QED) is 0.178. The zero-order valence-electron chi connectivity index (χ0n) is 21.9. The van der Waals surface area contributed by atoms with E-state index in [1.165, 1.54) is 17.6 Å². The van der Waals surface area contributed by atoms with Gasteiger partial charge in [0.15, 0.2) is 5.78 Å². The van der Waals surface area contributed by atoms with Crippen molar-refractivity contribution in [3.05, 3.63) is 65.6 Å². The Hall–Kier alpha value is -3.83. The van der Waals surface area contributed by atoms with Crippen molar-refractivity contribution in [3.8, 4) is 5.75 Å². The molecule has 1 saturated heterocycles. The van der Waals surface area contributed by atoms with E-state index in [4.69, 9.17) is 14.9 Å². The highest BCUT2D eigenvalue weighted by molar-refractivity contribution is 7.13. The summed E-state index contributed by atoms with van der Waals surface area (Å²) >= 11 is 1.40. The molecule has 0 spiro atoms. The van der Waals surface area contributed by atoms with Crippen LogP contribution >= 0.6 is 11.5 Å². The average Bonchev–Trinajstić information content (AvgIpc) is 3.33. The fourth-order valence-electron chi connectivity index (χ4n) is 4.34. The number of carbonyl (C=O) groups excluding carboxylic acids is 1. The molecule has 0 saturated carbocycles. The van der Waals surface area contributed by atoms with Crippen LogP contribution in [0, 0.1) is 5.82 Å². The van der Waals surface area contributed by atoms with Crippen LogP contribution in [0.3, 0.4) is 0 Å². The Bertz CT molecular complexity index is 1320. The van der Waals surface area contributed by atoms with Gasteiger partial charge in [-0.05, 0) is 87.2 Å². The highest BCUT2D eigenvalue weighted by Gasteiger charge is 2.24. The number of carboxylic acids is 2. The van der Waals surface area contributed by atoms with E-state index in [2.05, 4.69) is 14.6 Å². The summed E-state index contributed by atoms with van der Waals surface area (Å²) in [6.07, 6.45) is 4.22. The van der Waals surface area contributed by atoms with Gasteiger partial charge in [-0.25, -0.2) is 14.0 Å². The van der Waals surface area contributed by atoms with Crippen molar-refractivity contribution in [3.63, 3.8) is 0 Å². The Morgan fingerprint density at radius 2 is 1.82 bits per heavy atom. The van der Waals surface area contributed by atoms with E-state index in [1.807, 2.05) is 25.2 Å². The Labute approximate surface area is 230 Å². The van der Waals surface area contributed by atoms with Crippen molar-refractivity contribution in [2.45, 2.75) is 32.1 Å². The van der Waals surface area contributed by atoms with Gasteiger partial charge in [-0.2, -0.15) is 4.37 Å². The van der Waals surface area contributed by atoms with Gasteiger partial charge < -0.3 is 25.2 Å². The van der Waals surface area contributed by atoms with Crippen LogP contribution in [0.15, 0.2) is 48.6 Å². The summed E-state index contributed by atoms with van der Waals surface area (Å²) in [5.74, 6) is -1.44. The van der Waals surface area contributed by atoms with Gasteiger partial charge >= 0.3 is 11.9 Å². The van der Waals surface area contributed by atoms with E-state index < -0.39 is 11.9 Å². The number of ether oxygens (including phenoxy) is 1. The molecule has 4 rings (SSSR count). The molecule has 0 radical (unpaired) electrons. The second kappa shape index (κ2) is 14.4. The Balaban J connectivity index is 0.000000459. The van der Waals surface area contributed by atoms with E-state index in [1.54, 1.807) is 19.1 Å². The minimum absolute atomic E-state index is 0.0456. The van der Waals surface area contributed by atoms with Gasteiger partial charge in [0.05, 0.1) is 22.7 Å². The number of benzene rings is 2. The van der Waals surface area contributed by atoms with Crippen molar-refractivity contribution in [2.75, 3.05) is 38.6 Å². The van der Waals surface area contributed by atoms with Crippen LogP contribution in [0.25, 0.3) is 10.1 Å². The molecular weight excluding hydrogens is 525 g/mol. The normalized spacial score (nSPS) is 14.1. The lowest BCUT2D eigenvalue weighted by atomic mass is 9.91. The first-order chi connectivity index (χ1) is 18.7. The van der Waals surface area contributed by atoms with Gasteiger partial charge in [0.1, 0.15) is 11.6 Å². The van der Waals surface area contributed by atoms with Crippen LogP contribution in [-0.4, -0.2) is 70.5 Å². The number of anilines is 1. The number of aliphatic carboxylic acids is 2. The molecule has 39 heavy (non-hydrogen) atoms. The summed E-state index contributed by atoms with van der Waals surface area (Å²) in [5.41, 5.74) is 2.65. The topological polar surface area (TPSA) is 129 Å². The lowest BCUT2D eigenvalue weighted by Gasteiger charge is -2.31. The summed E-state index contributed by atoms with van der Waals surface area (Å²) < 4.78 is 25.0. The van der Waals surface area contributed by atoms with Crippen molar-refractivity contribution in [1.29, 1.82) is 0 Å². The van der Waals surface area contributed by atoms with Crippen molar-refractivity contribution < 1.29 is 33.7 Å². The van der Waals surface area contributed by atoms with E-state index in [9.17, 15) is 18.8 Å². The molecule has 0 atom stereocenters. The Morgan fingerprint density at radius 1 is 1.13 bits per heavy atom. The molecule has 1 fully saturated rings.